The summed E-state index contributed by atoms with van der Waals surface area (Å²) in [5, 5.41) is 5.18. The summed E-state index contributed by atoms with van der Waals surface area (Å²) in [6, 6.07) is 13.6. The summed E-state index contributed by atoms with van der Waals surface area (Å²) in [6.45, 7) is 2.70. The van der Waals surface area contributed by atoms with Gasteiger partial charge in [-0.2, -0.15) is 9.29 Å². The molecule has 3 aromatic rings. The molecule has 0 saturated carbocycles. The fraction of sp³-hybridized carbons (Fsp3) is 0.273. The molecule has 1 saturated heterocycles. The maximum absolute atomic E-state index is 13.4. The lowest BCUT2D eigenvalue weighted by molar-refractivity contribution is 0.267. The van der Waals surface area contributed by atoms with Crippen LogP contribution in [0.25, 0.3) is 17.5 Å². The quantitative estimate of drug-likeness (QED) is 0.605. The molecule has 30 heavy (non-hydrogen) atoms. The van der Waals surface area contributed by atoms with E-state index in [1.807, 2.05) is 31.2 Å². The molecule has 0 radical (unpaired) electrons. The van der Waals surface area contributed by atoms with Crippen molar-refractivity contribution in [2.75, 3.05) is 13.1 Å². The first kappa shape index (κ1) is 20.4. The van der Waals surface area contributed by atoms with E-state index < -0.39 is 10.0 Å². The van der Waals surface area contributed by atoms with Gasteiger partial charge in [0.1, 0.15) is 5.82 Å². The molecular weight excluding hydrogens is 405 g/mol. The average Bonchev–Trinajstić information content (AvgIpc) is 3.24. The van der Waals surface area contributed by atoms with Crippen molar-refractivity contribution in [1.82, 2.24) is 14.4 Å². The van der Waals surface area contributed by atoms with Gasteiger partial charge in [-0.3, -0.25) is 0 Å². The number of halogens is 1. The van der Waals surface area contributed by atoms with E-state index in [2.05, 4.69) is 10.1 Å². The lowest BCUT2D eigenvalue weighted by Crippen LogP contribution is -2.38. The molecule has 1 fully saturated rings. The Balaban J connectivity index is 1.48. The minimum Gasteiger partial charge on any atom is -0.339 e. The first-order valence-corrected chi connectivity index (χ1v) is 11.3. The number of sulfonamides is 1. The number of hydrogen-bond donors (Lipinski definition) is 0. The number of rotatable bonds is 5. The van der Waals surface area contributed by atoms with E-state index in [-0.39, 0.29) is 18.3 Å². The summed E-state index contributed by atoms with van der Waals surface area (Å²) in [6.07, 6.45) is 3.05. The molecule has 0 aliphatic carbocycles. The summed E-state index contributed by atoms with van der Waals surface area (Å²) in [7, 11) is -3.57. The van der Waals surface area contributed by atoms with Crippen molar-refractivity contribution in [3.05, 3.63) is 76.8 Å². The molecule has 0 amide bonds. The molecule has 1 aliphatic heterocycles. The molecule has 1 unspecified atom stereocenters. The fourth-order valence-corrected chi connectivity index (χ4v) is 4.72. The van der Waals surface area contributed by atoms with Gasteiger partial charge in [0.15, 0.2) is 0 Å². The van der Waals surface area contributed by atoms with Crippen LogP contribution < -0.4 is 0 Å². The normalized spacial score (nSPS) is 18.1. The number of aromatic nitrogens is 2. The first-order valence-electron chi connectivity index (χ1n) is 9.75. The van der Waals surface area contributed by atoms with Gasteiger partial charge in [0.2, 0.25) is 21.7 Å². The van der Waals surface area contributed by atoms with Gasteiger partial charge in [0, 0.05) is 24.1 Å². The molecule has 8 heteroatoms. The number of nitrogens with zero attached hydrogens (tertiary/aromatic N) is 3. The largest absolute Gasteiger partial charge is 0.339 e. The number of aryl methyl sites for hydroxylation is 1. The maximum atomic E-state index is 13.4. The van der Waals surface area contributed by atoms with Crippen LogP contribution in [0.3, 0.4) is 0 Å². The standard InChI is InChI=1S/C22H22FN3O3S/c1-16-7-9-17(10-8-16)11-13-30(27,28)26-12-3-5-19(15-26)22-24-21(25-29-22)18-4-2-6-20(23)14-18/h2,4,6-11,13-14,19H,3,5,12,15H2,1H3/b13-11+. The Morgan fingerprint density at radius 3 is 2.77 bits per heavy atom. The van der Waals surface area contributed by atoms with Crippen LogP contribution in [0.5, 0.6) is 0 Å². The van der Waals surface area contributed by atoms with Crippen molar-refractivity contribution in [2.45, 2.75) is 25.7 Å². The van der Waals surface area contributed by atoms with Crippen molar-refractivity contribution >= 4 is 16.1 Å². The molecule has 0 spiro atoms. The molecule has 6 nitrogen and oxygen atoms in total. The van der Waals surface area contributed by atoms with E-state index in [4.69, 9.17) is 4.52 Å². The zero-order valence-electron chi connectivity index (χ0n) is 16.5. The zero-order chi connectivity index (χ0) is 21.1. The van der Waals surface area contributed by atoms with Gasteiger partial charge in [-0.15, -0.1) is 0 Å². The molecule has 1 aliphatic rings. The molecule has 0 N–H and O–H groups in total. The number of hydrogen-bond acceptors (Lipinski definition) is 5. The van der Waals surface area contributed by atoms with Gasteiger partial charge in [-0.25, -0.2) is 12.8 Å². The van der Waals surface area contributed by atoms with Gasteiger partial charge < -0.3 is 4.52 Å². The molecule has 2 aromatic carbocycles. The van der Waals surface area contributed by atoms with Gasteiger partial charge in [0.25, 0.3) is 0 Å². The van der Waals surface area contributed by atoms with Crippen LogP contribution in [0, 0.1) is 12.7 Å². The molecule has 1 aromatic heterocycles. The Labute approximate surface area is 175 Å². The van der Waals surface area contributed by atoms with Crippen molar-refractivity contribution in [3.8, 4) is 11.4 Å². The van der Waals surface area contributed by atoms with Crippen LogP contribution in [0.4, 0.5) is 4.39 Å². The molecule has 156 valence electrons. The monoisotopic (exact) mass is 427 g/mol. The smallest absolute Gasteiger partial charge is 0.236 e. The topological polar surface area (TPSA) is 76.3 Å². The SMILES string of the molecule is Cc1ccc(/C=C/S(=O)(=O)N2CCCC(c3nc(-c4cccc(F)c4)no3)C2)cc1. The Bertz CT molecular complexity index is 1160. The van der Waals surface area contributed by atoms with E-state index in [1.165, 1.54) is 21.8 Å². The third-order valence-corrected chi connectivity index (χ3v) is 6.66. The summed E-state index contributed by atoms with van der Waals surface area (Å²) in [4.78, 5) is 4.38. The van der Waals surface area contributed by atoms with Crippen LogP contribution >= 0.6 is 0 Å². The van der Waals surface area contributed by atoms with Crippen LogP contribution in [0.2, 0.25) is 0 Å². The van der Waals surface area contributed by atoms with Crippen molar-refractivity contribution in [2.24, 2.45) is 0 Å². The first-order chi connectivity index (χ1) is 14.4. The van der Waals surface area contributed by atoms with Crippen molar-refractivity contribution < 1.29 is 17.3 Å². The average molecular weight is 428 g/mol. The second-order valence-corrected chi connectivity index (χ2v) is 9.24. The van der Waals surface area contributed by atoms with Gasteiger partial charge in [-0.1, -0.05) is 47.1 Å². The third-order valence-electron chi connectivity index (χ3n) is 5.13. The summed E-state index contributed by atoms with van der Waals surface area (Å²) in [5.41, 5.74) is 2.46. The minimum atomic E-state index is -3.57. The highest BCUT2D eigenvalue weighted by atomic mass is 32.2. The van der Waals surface area contributed by atoms with Crippen LogP contribution in [-0.2, 0) is 10.0 Å². The summed E-state index contributed by atoms with van der Waals surface area (Å²) in [5.74, 6) is 0.0886. The highest BCUT2D eigenvalue weighted by Gasteiger charge is 2.31. The van der Waals surface area contributed by atoms with E-state index in [1.54, 1.807) is 18.2 Å². The summed E-state index contributed by atoms with van der Waals surface area (Å²) >= 11 is 0. The van der Waals surface area contributed by atoms with Crippen molar-refractivity contribution in [3.63, 3.8) is 0 Å². The van der Waals surface area contributed by atoms with Crippen LogP contribution in [0.15, 0.2) is 58.5 Å². The van der Waals surface area contributed by atoms with Crippen LogP contribution in [-0.4, -0.2) is 36.0 Å². The molecule has 2 heterocycles. The highest BCUT2D eigenvalue weighted by molar-refractivity contribution is 7.92. The lowest BCUT2D eigenvalue weighted by Gasteiger charge is -2.29. The van der Waals surface area contributed by atoms with E-state index in [0.29, 0.717) is 30.2 Å². The molecule has 0 bridgehead atoms. The third kappa shape index (κ3) is 4.66. The Hall–Kier alpha value is -2.84. The maximum Gasteiger partial charge on any atom is 0.236 e. The van der Waals surface area contributed by atoms with E-state index in [9.17, 15) is 12.8 Å². The number of benzene rings is 2. The predicted molar refractivity (Wildman–Crippen MR) is 112 cm³/mol. The van der Waals surface area contributed by atoms with E-state index in [0.717, 1.165) is 17.5 Å². The second-order valence-electron chi connectivity index (χ2n) is 7.42. The lowest BCUT2D eigenvalue weighted by atomic mass is 10.00. The Morgan fingerprint density at radius 1 is 1.20 bits per heavy atom. The molecule has 1 atom stereocenters. The van der Waals surface area contributed by atoms with Gasteiger partial charge >= 0.3 is 0 Å². The molecule has 4 rings (SSSR count). The number of piperidine rings is 1. The van der Waals surface area contributed by atoms with Crippen LogP contribution in [0.1, 0.15) is 35.8 Å². The van der Waals surface area contributed by atoms with Gasteiger partial charge in [0.05, 0.1) is 5.92 Å². The zero-order valence-corrected chi connectivity index (χ0v) is 17.3. The Kier molecular flexibility index (Phi) is 5.78. The molecular formula is C22H22FN3O3S. The van der Waals surface area contributed by atoms with E-state index >= 15 is 0 Å². The fourth-order valence-electron chi connectivity index (χ4n) is 3.45. The van der Waals surface area contributed by atoms with Gasteiger partial charge in [-0.05, 0) is 43.5 Å². The minimum absolute atomic E-state index is 0.198. The Morgan fingerprint density at radius 2 is 2.00 bits per heavy atom. The summed E-state index contributed by atoms with van der Waals surface area (Å²) < 4.78 is 45.9. The predicted octanol–water partition coefficient (Wildman–Crippen LogP) is 4.36. The second kappa shape index (κ2) is 8.49. The highest BCUT2D eigenvalue weighted by Crippen LogP contribution is 2.29. The van der Waals surface area contributed by atoms with Crippen molar-refractivity contribution in [1.29, 1.82) is 0 Å².